The quantitative estimate of drug-likeness (QED) is 0.0262. The normalized spacial score (nSPS) is 13.2. The van der Waals surface area contributed by atoms with E-state index in [-0.39, 0.29) is 37.5 Å². The fraction of sp³-hybridized carbons (Fsp3) is 0.590. The Kier molecular flexibility index (Phi) is 50.6. The second-order valence-electron chi connectivity index (χ2n) is 17.0. The molecule has 0 heterocycles. The van der Waals surface area contributed by atoms with E-state index in [4.69, 9.17) is 14.2 Å². The molecule has 0 rings (SSSR count). The fourth-order valence-electron chi connectivity index (χ4n) is 6.71. The summed E-state index contributed by atoms with van der Waals surface area (Å²) < 4.78 is 16.7. The molecule has 0 amide bonds. The molecule has 1 atom stereocenters. The standard InChI is InChI=1S/C61H96O6/c1-4-7-10-13-16-18-20-22-23-24-25-26-27-28-29-30-31-32-33-34-35-36-37-39-40-42-45-48-51-54-60(63)66-57-58(56-65-59(62)53-50-47-44-15-12-9-6-3)67-61(64)55-52-49-46-43-41-38-21-19-17-14-11-8-5-2/h7-8,10-11,16-19,22-23,25-26,28-29,31-32,34-35,37-39,41,58H,4-6,9,12-15,20-21,24,27,30,33,36,40,42-57H2,1-3H3/b10-7-,11-8-,18-16-,19-17-,23-22-,26-25-,29-28-,32-31-,35-34-,39-37-,41-38-. The zero-order chi connectivity index (χ0) is 48.6. The molecule has 0 aromatic rings. The number of rotatable bonds is 46. The molecule has 0 fully saturated rings. The van der Waals surface area contributed by atoms with Crippen molar-refractivity contribution in [1.82, 2.24) is 0 Å². The lowest BCUT2D eigenvalue weighted by Crippen LogP contribution is -2.30. The molecule has 0 aliphatic heterocycles. The Morgan fingerprint density at radius 3 is 0.925 bits per heavy atom. The molecular weight excluding hydrogens is 829 g/mol. The summed E-state index contributed by atoms with van der Waals surface area (Å²) in [5.74, 6) is -0.975. The largest absolute Gasteiger partial charge is 0.462 e. The topological polar surface area (TPSA) is 78.9 Å². The van der Waals surface area contributed by atoms with Crippen LogP contribution in [-0.4, -0.2) is 37.2 Å². The average Bonchev–Trinajstić information content (AvgIpc) is 3.33. The second kappa shape index (κ2) is 54.2. The maximum absolute atomic E-state index is 12.7. The molecular formula is C61H96O6. The third kappa shape index (κ3) is 52.4. The van der Waals surface area contributed by atoms with Gasteiger partial charge in [0.2, 0.25) is 0 Å². The van der Waals surface area contributed by atoms with Crippen molar-refractivity contribution in [2.24, 2.45) is 0 Å². The summed E-state index contributed by atoms with van der Waals surface area (Å²) in [5.41, 5.74) is 0. The lowest BCUT2D eigenvalue weighted by atomic mass is 10.1. The summed E-state index contributed by atoms with van der Waals surface area (Å²) >= 11 is 0. The van der Waals surface area contributed by atoms with Crippen molar-refractivity contribution in [1.29, 1.82) is 0 Å². The van der Waals surface area contributed by atoms with Crippen LogP contribution in [0.15, 0.2) is 134 Å². The molecule has 6 heteroatoms. The molecule has 0 radical (unpaired) electrons. The van der Waals surface area contributed by atoms with E-state index in [0.717, 1.165) is 148 Å². The third-order valence-electron chi connectivity index (χ3n) is 10.7. The van der Waals surface area contributed by atoms with E-state index in [1.165, 1.54) is 25.7 Å². The van der Waals surface area contributed by atoms with Gasteiger partial charge in [0, 0.05) is 19.3 Å². The highest BCUT2D eigenvalue weighted by Crippen LogP contribution is 2.12. The molecule has 0 saturated heterocycles. The fourth-order valence-corrected chi connectivity index (χ4v) is 6.71. The number of hydrogen-bond donors (Lipinski definition) is 0. The Morgan fingerprint density at radius 2 is 0.582 bits per heavy atom. The molecule has 0 aliphatic carbocycles. The average molecular weight is 925 g/mol. The highest BCUT2D eigenvalue weighted by Gasteiger charge is 2.19. The van der Waals surface area contributed by atoms with Gasteiger partial charge in [-0.05, 0) is 116 Å². The highest BCUT2D eigenvalue weighted by molar-refractivity contribution is 5.71. The maximum Gasteiger partial charge on any atom is 0.306 e. The number of unbranched alkanes of at least 4 members (excludes halogenated alkanes) is 13. The van der Waals surface area contributed by atoms with Crippen molar-refractivity contribution in [2.45, 2.75) is 219 Å². The van der Waals surface area contributed by atoms with Crippen LogP contribution in [0, 0.1) is 0 Å². The van der Waals surface area contributed by atoms with Crippen LogP contribution < -0.4 is 0 Å². The van der Waals surface area contributed by atoms with Crippen LogP contribution in [0.4, 0.5) is 0 Å². The van der Waals surface area contributed by atoms with E-state index in [1.807, 2.05) is 0 Å². The number of esters is 3. The first kappa shape index (κ1) is 62.5. The van der Waals surface area contributed by atoms with Crippen LogP contribution in [-0.2, 0) is 28.6 Å². The van der Waals surface area contributed by atoms with Crippen LogP contribution in [0.2, 0.25) is 0 Å². The predicted molar refractivity (Wildman–Crippen MR) is 288 cm³/mol. The molecule has 0 saturated carbocycles. The zero-order valence-corrected chi connectivity index (χ0v) is 42.9. The summed E-state index contributed by atoms with van der Waals surface area (Å²) in [6.07, 6.45) is 76.1. The summed E-state index contributed by atoms with van der Waals surface area (Å²) in [6.45, 7) is 6.29. The number of allylic oxidation sites excluding steroid dienone is 22. The molecule has 0 bridgehead atoms. The highest BCUT2D eigenvalue weighted by atomic mass is 16.6. The Labute approximate surface area is 411 Å². The van der Waals surface area contributed by atoms with Crippen molar-refractivity contribution >= 4 is 17.9 Å². The van der Waals surface area contributed by atoms with Gasteiger partial charge in [-0.15, -0.1) is 0 Å². The van der Waals surface area contributed by atoms with Gasteiger partial charge >= 0.3 is 17.9 Å². The predicted octanol–water partition coefficient (Wildman–Crippen LogP) is 17.9. The van der Waals surface area contributed by atoms with Crippen molar-refractivity contribution in [3.05, 3.63) is 134 Å². The van der Waals surface area contributed by atoms with Crippen molar-refractivity contribution < 1.29 is 28.6 Å². The Morgan fingerprint density at radius 1 is 0.313 bits per heavy atom. The summed E-state index contributed by atoms with van der Waals surface area (Å²) in [7, 11) is 0. The summed E-state index contributed by atoms with van der Waals surface area (Å²) in [4.78, 5) is 37.8. The lowest BCUT2D eigenvalue weighted by molar-refractivity contribution is -0.167. The van der Waals surface area contributed by atoms with Crippen molar-refractivity contribution in [2.75, 3.05) is 13.2 Å². The van der Waals surface area contributed by atoms with E-state index in [1.54, 1.807) is 0 Å². The van der Waals surface area contributed by atoms with Gasteiger partial charge in [0.25, 0.3) is 0 Å². The van der Waals surface area contributed by atoms with E-state index in [2.05, 4.69) is 154 Å². The second-order valence-corrected chi connectivity index (χ2v) is 17.0. The van der Waals surface area contributed by atoms with E-state index >= 15 is 0 Å². The van der Waals surface area contributed by atoms with Gasteiger partial charge in [-0.2, -0.15) is 0 Å². The van der Waals surface area contributed by atoms with Gasteiger partial charge in [0.05, 0.1) is 0 Å². The van der Waals surface area contributed by atoms with Crippen LogP contribution in [0.3, 0.4) is 0 Å². The van der Waals surface area contributed by atoms with Crippen LogP contribution in [0.25, 0.3) is 0 Å². The first-order valence-corrected chi connectivity index (χ1v) is 26.7. The molecule has 0 aromatic carbocycles. The molecule has 6 nitrogen and oxygen atoms in total. The third-order valence-corrected chi connectivity index (χ3v) is 10.7. The molecule has 67 heavy (non-hydrogen) atoms. The Balaban J connectivity index is 4.28. The Bertz CT molecular complexity index is 1480. The van der Waals surface area contributed by atoms with Gasteiger partial charge in [-0.3, -0.25) is 14.4 Å². The molecule has 0 N–H and O–H groups in total. The first-order valence-electron chi connectivity index (χ1n) is 26.7. The van der Waals surface area contributed by atoms with E-state index in [9.17, 15) is 14.4 Å². The van der Waals surface area contributed by atoms with Gasteiger partial charge in [-0.25, -0.2) is 0 Å². The van der Waals surface area contributed by atoms with Crippen molar-refractivity contribution in [3.8, 4) is 0 Å². The van der Waals surface area contributed by atoms with E-state index in [0.29, 0.717) is 12.8 Å². The van der Waals surface area contributed by atoms with Crippen molar-refractivity contribution in [3.63, 3.8) is 0 Å². The minimum atomic E-state index is -0.804. The SMILES string of the molecule is CC/C=C\C/C=C\C/C=C\C/C=C\C/C=C\C/C=C\C/C=C\C/C=C\CCCCCCC(=O)OCC(COC(=O)CCCCCCCCC)OC(=O)CCCCC/C=C\C/C=C\C/C=C\CC. The number of ether oxygens (including phenoxy) is 3. The summed E-state index contributed by atoms with van der Waals surface area (Å²) in [5, 5.41) is 0. The number of hydrogen-bond acceptors (Lipinski definition) is 6. The lowest BCUT2D eigenvalue weighted by Gasteiger charge is -2.18. The molecule has 0 spiro atoms. The van der Waals surface area contributed by atoms with Gasteiger partial charge in [0.15, 0.2) is 6.10 Å². The molecule has 0 aliphatic rings. The Hall–Kier alpha value is -4.45. The number of carbonyl (C=O) groups is 3. The number of carbonyl (C=O) groups excluding carboxylic acids is 3. The van der Waals surface area contributed by atoms with Gasteiger partial charge < -0.3 is 14.2 Å². The monoisotopic (exact) mass is 925 g/mol. The minimum absolute atomic E-state index is 0.102. The van der Waals surface area contributed by atoms with Gasteiger partial charge in [0.1, 0.15) is 13.2 Å². The van der Waals surface area contributed by atoms with Crippen LogP contribution >= 0.6 is 0 Å². The zero-order valence-electron chi connectivity index (χ0n) is 42.9. The molecule has 0 aromatic heterocycles. The van der Waals surface area contributed by atoms with E-state index < -0.39 is 6.10 Å². The smallest absolute Gasteiger partial charge is 0.306 e. The van der Waals surface area contributed by atoms with Crippen LogP contribution in [0.1, 0.15) is 213 Å². The first-order chi connectivity index (χ1) is 33.0. The molecule has 376 valence electrons. The summed E-state index contributed by atoms with van der Waals surface area (Å²) in [6, 6.07) is 0. The van der Waals surface area contributed by atoms with Crippen LogP contribution in [0.5, 0.6) is 0 Å². The van der Waals surface area contributed by atoms with Gasteiger partial charge in [-0.1, -0.05) is 212 Å². The maximum atomic E-state index is 12.7. The molecule has 1 unspecified atom stereocenters. The minimum Gasteiger partial charge on any atom is -0.462 e.